The molecule has 1 atom stereocenters. The van der Waals surface area contributed by atoms with Crippen LogP contribution >= 0.6 is 0 Å². The van der Waals surface area contributed by atoms with Gasteiger partial charge in [0.1, 0.15) is 0 Å². The Bertz CT molecular complexity index is 408. The molecule has 1 aromatic rings. The van der Waals surface area contributed by atoms with Crippen LogP contribution in [0.1, 0.15) is 52.9 Å². The molecular formula is C16H26N2O. The number of aromatic nitrogens is 2. The van der Waals surface area contributed by atoms with Crippen molar-refractivity contribution in [3.8, 4) is 0 Å². The molecule has 1 N–H and O–H groups in total. The minimum absolute atomic E-state index is 0.162. The van der Waals surface area contributed by atoms with Gasteiger partial charge in [-0.1, -0.05) is 46.1 Å². The van der Waals surface area contributed by atoms with E-state index in [0.29, 0.717) is 5.92 Å². The number of aliphatic hydroxyl groups is 1. The van der Waals surface area contributed by atoms with Gasteiger partial charge >= 0.3 is 0 Å². The molecule has 1 unspecified atom stereocenters. The number of nitrogens with zero attached hydrogens (tertiary/aromatic N) is 2. The molecule has 0 bridgehead atoms. The highest BCUT2D eigenvalue weighted by Crippen LogP contribution is 2.32. The fraction of sp³-hybridized carbons (Fsp3) is 0.688. The van der Waals surface area contributed by atoms with E-state index in [2.05, 4.69) is 31.8 Å². The van der Waals surface area contributed by atoms with Gasteiger partial charge in [-0.15, -0.1) is 0 Å². The predicted octanol–water partition coefficient (Wildman–Crippen LogP) is 3.71. The Morgan fingerprint density at radius 2 is 2.00 bits per heavy atom. The first-order chi connectivity index (χ1) is 8.98. The summed E-state index contributed by atoms with van der Waals surface area (Å²) in [4.78, 5) is 4.11. The van der Waals surface area contributed by atoms with Crippen LogP contribution in [0.3, 0.4) is 0 Å². The summed E-state index contributed by atoms with van der Waals surface area (Å²) in [5.41, 5.74) is 0.821. The van der Waals surface area contributed by atoms with E-state index < -0.39 is 6.10 Å². The van der Waals surface area contributed by atoms with E-state index in [0.717, 1.165) is 5.70 Å². The third-order valence-electron chi connectivity index (χ3n) is 3.96. The first-order valence-corrected chi connectivity index (χ1v) is 7.36. The number of aliphatic hydroxyl groups excluding tert-OH is 1. The maximum Gasteiger partial charge on any atom is 0.0989 e. The van der Waals surface area contributed by atoms with Crippen molar-refractivity contribution in [2.75, 3.05) is 0 Å². The molecule has 3 nitrogen and oxygen atoms in total. The van der Waals surface area contributed by atoms with Gasteiger partial charge in [0, 0.05) is 18.1 Å². The number of hydrogen-bond donors (Lipinski definition) is 1. The Labute approximate surface area is 116 Å². The minimum Gasteiger partial charge on any atom is -0.386 e. The number of rotatable bonds is 3. The summed E-state index contributed by atoms with van der Waals surface area (Å²) in [6.07, 6.45) is 13.7. The van der Waals surface area contributed by atoms with Crippen molar-refractivity contribution in [3.63, 3.8) is 0 Å². The van der Waals surface area contributed by atoms with Gasteiger partial charge in [0.15, 0.2) is 0 Å². The lowest BCUT2D eigenvalue weighted by Crippen LogP contribution is -2.30. The molecule has 1 aromatic heterocycles. The van der Waals surface area contributed by atoms with Crippen LogP contribution in [0.25, 0.3) is 5.70 Å². The first-order valence-electron chi connectivity index (χ1n) is 7.36. The monoisotopic (exact) mass is 262 g/mol. The van der Waals surface area contributed by atoms with Crippen molar-refractivity contribution in [2.24, 2.45) is 11.3 Å². The summed E-state index contributed by atoms with van der Waals surface area (Å²) in [5.74, 6) is 0.600. The zero-order chi connectivity index (χ0) is 13.9. The van der Waals surface area contributed by atoms with Gasteiger partial charge in [-0.05, 0) is 24.2 Å². The summed E-state index contributed by atoms with van der Waals surface area (Å²) in [6, 6.07) is 0. The van der Waals surface area contributed by atoms with E-state index in [1.807, 2.05) is 10.8 Å². The molecular weight excluding hydrogens is 236 g/mol. The van der Waals surface area contributed by atoms with Crippen LogP contribution in [0, 0.1) is 11.3 Å². The molecule has 1 aliphatic carbocycles. The third-order valence-corrected chi connectivity index (χ3v) is 3.96. The van der Waals surface area contributed by atoms with Crippen LogP contribution < -0.4 is 0 Å². The second-order valence-corrected chi connectivity index (χ2v) is 6.73. The molecule has 3 heteroatoms. The van der Waals surface area contributed by atoms with E-state index in [1.54, 1.807) is 12.5 Å². The highest BCUT2D eigenvalue weighted by Gasteiger charge is 2.27. The van der Waals surface area contributed by atoms with Crippen LogP contribution in [-0.4, -0.2) is 20.8 Å². The van der Waals surface area contributed by atoms with E-state index >= 15 is 0 Å². The highest BCUT2D eigenvalue weighted by atomic mass is 16.3. The van der Waals surface area contributed by atoms with Crippen molar-refractivity contribution < 1.29 is 5.11 Å². The molecule has 1 aliphatic rings. The van der Waals surface area contributed by atoms with E-state index in [4.69, 9.17) is 0 Å². The lowest BCUT2D eigenvalue weighted by Gasteiger charge is -2.30. The van der Waals surface area contributed by atoms with Gasteiger partial charge in [0.25, 0.3) is 0 Å². The van der Waals surface area contributed by atoms with Crippen LogP contribution in [0.15, 0.2) is 24.8 Å². The molecule has 0 aromatic carbocycles. The Hall–Kier alpha value is -1.09. The molecule has 1 saturated carbocycles. The second kappa shape index (κ2) is 5.91. The summed E-state index contributed by atoms with van der Waals surface area (Å²) < 4.78 is 1.96. The smallest absolute Gasteiger partial charge is 0.0989 e. The summed E-state index contributed by atoms with van der Waals surface area (Å²) in [5, 5.41) is 10.6. The van der Waals surface area contributed by atoms with Crippen molar-refractivity contribution in [2.45, 2.75) is 59.0 Å². The maximum absolute atomic E-state index is 10.6. The van der Waals surface area contributed by atoms with Crippen molar-refractivity contribution in [1.82, 2.24) is 9.55 Å². The minimum atomic E-state index is -0.469. The number of hydrogen-bond acceptors (Lipinski definition) is 2. The molecule has 106 valence electrons. The SMILES string of the molecule is CC(C)(C)C(O)/C(=C/C1CCCCC1)n1ccnc1. The first kappa shape index (κ1) is 14.3. The Morgan fingerprint density at radius 3 is 2.53 bits per heavy atom. The topological polar surface area (TPSA) is 38.0 Å². The van der Waals surface area contributed by atoms with Gasteiger partial charge in [-0.3, -0.25) is 0 Å². The van der Waals surface area contributed by atoms with Crippen molar-refractivity contribution >= 4 is 5.70 Å². The highest BCUT2D eigenvalue weighted by molar-refractivity contribution is 5.51. The molecule has 1 fully saturated rings. The Kier molecular flexibility index (Phi) is 4.46. The fourth-order valence-corrected chi connectivity index (χ4v) is 2.72. The molecule has 0 radical (unpaired) electrons. The largest absolute Gasteiger partial charge is 0.386 e. The molecule has 0 spiro atoms. The quantitative estimate of drug-likeness (QED) is 0.901. The molecule has 1 heterocycles. The lowest BCUT2D eigenvalue weighted by molar-refractivity contribution is 0.109. The van der Waals surface area contributed by atoms with E-state index in [1.165, 1.54) is 32.1 Å². The van der Waals surface area contributed by atoms with Crippen LogP contribution in [0.2, 0.25) is 0 Å². The van der Waals surface area contributed by atoms with Gasteiger partial charge < -0.3 is 9.67 Å². The maximum atomic E-state index is 10.6. The second-order valence-electron chi connectivity index (χ2n) is 6.73. The Morgan fingerprint density at radius 1 is 1.32 bits per heavy atom. The number of imidazole rings is 1. The lowest BCUT2D eigenvalue weighted by atomic mass is 9.83. The van der Waals surface area contributed by atoms with Gasteiger partial charge in [0.2, 0.25) is 0 Å². The zero-order valence-electron chi connectivity index (χ0n) is 12.3. The Balaban J connectivity index is 2.26. The van der Waals surface area contributed by atoms with Crippen LogP contribution in [0.5, 0.6) is 0 Å². The standard InChI is InChI=1S/C16H26N2O/c1-16(2,3)15(19)14(18-10-9-17-12-18)11-13-7-5-4-6-8-13/h9-13,15,19H,4-8H2,1-3H3/b14-11-. The van der Waals surface area contributed by atoms with E-state index in [-0.39, 0.29) is 5.41 Å². The molecule has 19 heavy (non-hydrogen) atoms. The fourth-order valence-electron chi connectivity index (χ4n) is 2.72. The average molecular weight is 262 g/mol. The van der Waals surface area contributed by atoms with Crippen LogP contribution in [-0.2, 0) is 0 Å². The predicted molar refractivity (Wildman–Crippen MR) is 78.5 cm³/mol. The molecule has 2 rings (SSSR count). The third kappa shape index (κ3) is 3.69. The number of allylic oxidation sites excluding steroid dienone is 1. The van der Waals surface area contributed by atoms with Gasteiger partial charge in [-0.2, -0.15) is 0 Å². The van der Waals surface area contributed by atoms with E-state index in [9.17, 15) is 5.11 Å². The summed E-state index contributed by atoms with van der Waals surface area (Å²) >= 11 is 0. The van der Waals surface area contributed by atoms with Crippen molar-refractivity contribution in [1.29, 1.82) is 0 Å². The van der Waals surface area contributed by atoms with Gasteiger partial charge in [0.05, 0.1) is 12.4 Å². The van der Waals surface area contributed by atoms with Crippen molar-refractivity contribution in [3.05, 3.63) is 24.8 Å². The summed E-state index contributed by atoms with van der Waals surface area (Å²) in [6.45, 7) is 6.22. The molecule has 0 saturated heterocycles. The molecule has 0 amide bonds. The average Bonchev–Trinajstić information content (AvgIpc) is 2.89. The molecule has 0 aliphatic heterocycles. The summed E-state index contributed by atoms with van der Waals surface area (Å²) in [7, 11) is 0. The van der Waals surface area contributed by atoms with Crippen LogP contribution in [0.4, 0.5) is 0 Å². The normalized spacial score (nSPS) is 20.5. The zero-order valence-corrected chi connectivity index (χ0v) is 12.3. The van der Waals surface area contributed by atoms with Gasteiger partial charge in [-0.25, -0.2) is 4.98 Å².